The summed E-state index contributed by atoms with van der Waals surface area (Å²) in [5.41, 5.74) is -0.629. The van der Waals surface area contributed by atoms with E-state index in [1.54, 1.807) is 24.3 Å². The average Bonchev–Trinajstić information content (AvgIpc) is 3.09. The number of hydrogen-bond donors (Lipinski definition) is 1. The Balaban J connectivity index is 2.03. The second-order valence-corrected chi connectivity index (χ2v) is 13.6. The zero-order chi connectivity index (χ0) is 37.5. The van der Waals surface area contributed by atoms with Crippen LogP contribution < -0.4 is 14.2 Å². The summed E-state index contributed by atoms with van der Waals surface area (Å²) in [6, 6.07) is 12.7. The number of benzene rings is 2. The van der Waals surface area contributed by atoms with Gasteiger partial charge in [0.05, 0.1) is 12.0 Å². The number of allylic oxidation sites excluding steroid dienone is 2. The molecule has 51 heavy (non-hydrogen) atoms. The number of unbranched alkanes of at least 4 members (excludes halogenated alkanes) is 7. The third-order valence-electron chi connectivity index (χ3n) is 9.90. The molecule has 7 nitrogen and oxygen atoms in total. The molecular weight excluding hydrogens is 675 g/mol. The summed E-state index contributed by atoms with van der Waals surface area (Å²) in [7, 11) is 3.03. The molecular formula is C39H53F5O7. The van der Waals surface area contributed by atoms with Gasteiger partial charge in [-0.15, -0.1) is 0 Å². The van der Waals surface area contributed by atoms with Crippen molar-refractivity contribution >= 4 is 5.97 Å². The highest BCUT2D eigenvalue weighted by Crippen LogP contribution is 2.59. The van der Waals surface area contributed by atoms with Crippen LogP contribution in [0.25, 0.3) is 0 Å². The van der Waals surface area contributed by atoms with Gasteiger partial charge in [-0.3, -0.25) is 4.79 Å². The molecule has 1 aliphatic heterocycles. The number of hydrogen-bond acceptors (Lipinski definition) is 6. The molecule has 1 N–H and O–H groups in total. The number of carbonyl (C=O) groups is 1. The molecule has 2 aromatic rings. The summed E-state index contributed by atoms with van der Waals surface area (Å²) in [4.78, 5) is 13.8. The molecule has 3 unspecified atom stereocenters. The molecule has 12 heteroatoms. The summed E-state index contributed by atoms with van der Waals surface area (Å²) >= 11 is 0. The van der Waals surface area contributed by atoms with Crippen LogP contribution >= 0.6 is 0 Å². The maximum Gasteiger partial charge on any atom is 0.453 e. The van der Waals surface area contributed by atoms with Gasteiger partial charge in [-0.2, -0.15) is 22.0 Å². The number of carboxylic acid groups (broad SMARTS) is 1. The van der Waals surface area contributed by atoms with Crippen LogP contribution in [-0.2, 0) is 19.7 Å². The molecule has 3 rings (SSSR count). The lowest BCUT2D eigenvalue weighted by molar-refractivity contribution is -0.284. The number of fused-ring (bicyclic) bond motifs is 1. The van der Waals surface area contributed by atoms with Gasteiger partial charge in [0.2, 0.25) is 0 Å². The molecule has 0 aromatic heterocycles. The Morgan fingerprint density at radius 2 is 1.39 bits per heavy atom. The number of methoxy groups -OCH3 is 2. The first kappa shape index (κ1) is 42.0. The molecule has 3 atom stereocenters. The van der Waals surface area contributed by atoms with E-state index in [2.05, 4.69) is 6.08 Å². The van der Waals surface area contributed by atoms with Crippen molar-refractivity contribution in [2.75, 3.05) is 34.4 Å². The van der Waals surface area contributed by atoms with Gasteiger partial charge >= 0.3 is 18.1 Å². The first-order chi connectivity index (χ1) is 24.3. The fourth-order valence-corrected chi connectivity index (χ4v) is 7.22. The molecule has 0 spiro atoms. The van der Waals surface area contributed by atoms with Crippen LogP contribution in [0.3, 0.4) is 0 Å². The van der Waals surface area contributed by atoms with E-state index in [0.717, 1.165) is 31.2 Å². The minimum atomic E-state index is -5.60. The molecule has 2 aromatic carbocycles. The second-order valence-electron chi connectivity index (χ2n) is 13.6. The first-order valence-corrected chi connectivity index (χ1v) is 17.7. The van der Waals surface area contributed by atoms with Crippen LogP contribution in [0.5, 0.6) is 17.2 Å². The van der Waals surface area contributed by atoms with Crippen molar-refractivity contribution in [3.63, 3.8) is 0 Å². The van der Waals surface area contributed by atoms with Crippen molar-refractivity contribution in [2.24, 2.45) is 5.41 Å². The molecule has 1 heterocycles. The molecule has 0 amide bonds. The Morgan fingerprint density at radius 1 is 0.843 bits per heavy atom. The lowest BCUT2D eigenvalue weighted by Crippen LogP contribution is -2.51. The van der Waals surface area contributed by atoms with Crippen molar-refractivity contribution in [2.45, 2.75) is 114 Å². The van der Waals surface area contributed by atoms with E-state index < -0.39 is 41.2 Å². The number of carboxylic acids is 1. The fraction of sp³-hybridized carbons (Fsp3) is 0.615. The molecule has 0 fully saturated rings. The van der Waals surface area contributed by atoms with Gasteiger partial charge in [0.25, 0.3) is 0 Å². The maximum atomic E-state index is 13.8. The van der Waals surface area contributed by atoms with Gasteiger partial charge in [-0.05, 0) is 68.4 Å². The minimum absolute atomic E-state index is 0.0133. The summed E-state index contributed by atoms with van der Waals surface area (Å²) in [5.74, 6) is -4.77. The van der Waals surface area contributed by atoms with Crippen molar-refractivity contribution in [1.82, 2.24) is 0 Å². The minimum Gasteiger partial charge on any atom is -0.492 e. The Labute approximate surface area is 298 Å². The predicted molar refractivity (Wildman–Crippen MR) is 185 cm³/mol. The monoisotopic (exact) mass is 728 g/mol. The lowest BCUT2D eigenvalue weighted by atomic mass is 9.54. The number of halogens is 5. The van der Waals surface area contributed by atoms with Gasteiger partial charge in [0.1, 0.15) is 17.2 Å². The highest BCUT2D eigenvalue weighted by molar-refractivity contribution is 5.77. The third-order valence-corrected chi connectivity index (χ3v) is 9.90. The predicted octanol–water partition coefficient (Wildman–Crippen LogP) is 10.6. The van der Waals surface area contributed by atoms with E-state index in [4.69, 9.17) is 23.7 Å². The van der Waals surface area contributed by atoms with E-state index >= 15 is 0 Å². The van der Waals surface area contributed by atoms with E-state index in [9.17, 15) is 31.9 Å². The maximum absolute atomic E-state index is 13.8. The quantitative estimate of drug-likeness (QED) is 0.0528. The summed E-state index contributed by atoms with van der Waals surface area (Å²) in [6.07, 6.45) is 2.53. The first-order valence-electron chi connectivity index (χ1n) is 17.7. The summed E-state index contributed by atoms with van der Waals surface area (Å²) in [5, 5.41) is 11.3. The van der Waals surface area contributed by atoms with Crippen molar-refractivity contribution in [1.29, 1.82) is 0 Å². The molecule has 0 bridgehead atoms. The molecule has 0 radical (unpaired) electrons. The average molecular weight is 729 g/mol. The van der Waals surface area contributed by atoms with Gasteiger partial charge in [-0.25, -0.2) is 0 Å². The van der Waals surface area contributed by atoms with Gasteiger partial charge in [-0.1, -0.05) is 75.8 Å². The number of ether oxygens (including phenoxy) is 5. The van der Waals surface area contributed by atoms with Crippen LogP contribution in [0.2, 0.25) is 0 Å². The van der Waals surface area contributed by atoms with Gasteiger partial charge in [0, 0.05) is 38.0 Å². The van der Waals surface area contributed by atoms with Gasteiger partial charge in [0.15, 0.2) is 13.6 Å². The number of aliphatic carboxylic acids is 1. The molecule has 286 valence electrons. The SMILES string of the molecule is CC=CCCCCCCC(CCCCCCC(F)(F)C(F)(F)F)(C(=O)O)C1c2ccc(OCOC)cc2OCC1(C)c1ccc(OCOC)cc1. The number of rotatable bonds is 23. The van der Waals surface area contributed by atoms with Crippen LogP contribution in [0.1, 0.15) is 108 Å². The van der Waals surface area contributed by atoms with E-state index in [0.29, 0.717) is 48.5 Å². The Hall–Kier alpha value is -3.38. The highest BCUT2D eigenvalue weighted by Gasteiger charge is 2.58. The standard InChI is InChI=1S/C39H53F5O7/c1-5-6-7-8-9-10-13-22-37(35(45)46,23-14-11-12-15-24-38(40,41)39(42,43)44)34-32-21-20-31(51-28-48-4)25-33(32)49-26-36(34,2)29-16-18-30(19-17-29)50-27-47-3/h5-6,16-21,25,34H,7-15,22-24,26-28H2,1-4H3,(H,45,46). The number of alkyl halides is 5. The summed E-state index contributed by atoms with van der Waals surface area (Å²) < 4.78 is 93.1. The zero-order valence-corrected chi connectivity index (χ0v) is 30.2. The molecule has 0 saturated carbocycles. The summed E-state index contributed by atoms with van der Waals surface area (Å²) in [6.45, 7) is 4.20. The Bertz CT molecular complexity index is 1380. The normalized spacial score (nSPS) is 19.0. The van der Waals surface area contributed by atoms with Crippen LogP contribution in [-0.4, -0.2) is 57.6 Å². The topological polar surface area (TPSA) is 83.5 Å². The molecule has 0 saturated heterocycles. The van der Waals surface area contributed by atoms with Crippen LogP contribution in [0, 0.1) is 5.41 Å². The third kappa shape index (κ3) is 11.1. The lowest BCUT2D eigenvalue weighted by Gasteiger charge is -2.51. The van der Waals surface area contributed by atoms with Crippen molar-refractivity contribution < 1.29 is 55.5 Å². The molecule has 1 aliphatic rings. The van der Waals surface area contributed by atoms with E-state index in [-0.39, 0.29) is 39.5 Å². The van der Waals surface area contributed by atoms with Crippen molar-refractivity contribution in [3.05, 3.63) is 65.7 Å². The zero-order valence-electron chi connectivity index (χ0n) is 30.2. The largest absolute Gasteiger partial charge is 0.492 e. The van der Waals surface area contributed by atoms with Gasteiger partial charge < -0.3 is 28.8 Å². The van der Waals surface area contributed by atoms with E-state index in [1.807, 2.05) is 38.1 Å². The highest BCUT2D eigenvalue weighted by atomic mass is 19.4. The Kier molecular flexibility index (Phi) is 16.0. The Morgan fingerprint density at radius 3 is 1.94 bits per heavy atom. The van der Waals surface area contributed by atoms with Crippen molar-refractivity contribution in [3.8, 4) is 17.2 Å². The molecule has 0 aliphatic carbocycles. The smallest absolute Gasteiger partial charge is 0.453 e. The van der Waals surface area contributed by atoms with Crippen LogP contribution in [0.4, 0.5) is 22.0 Å². The van der Waals surface area contributed by atoms with Crippen LogP contribution in [0.15, 0.2) is 54.6 Å². The van der Waals surface area contributed by atoms with E-state index in [1.165, 1.54) is 14.2 Å². The second kappa shape index (κ2) is 19.5. The fourth-order valence-electron chi connectivity index (χ4n) is 7.22.